The average molecular weight is 689 g/mol. The number of hydrogen-bond acceptors (Lipinski definition) is 2. The molecule has 0 saturated heterocycles. The molecule has 0 aromatic carbocycles. The van der Waals surface area contributed by atoms with Crippen molar-refractivity contribution in [2.45, 2.75) is 271 Å². The minimum absolute atomic E-state index is 0.0777. The molecule has 2 atom stereocenters. The van der Waals surface area contributed by atoms with Gasteiger partial charge in [-0.1, -0.05) is 226 Å². The SMILES string of the molecule is CCCCCCCCCCCCCCCCCCCCCC(=O)NC(C)[N+]1=CCNC1CCCCCCCCCCCCCCCCCC. The first-order valence-electron chi connectivity index (χ1n) is 22.8. The van der Waals surface area contributed by atoms with E-state index in [1.807, 2.05) is 0 Å². The number of hydrogen-bond donors (Lipinski definition) is 2. The van der Waals surface area contributed by atoms with Crippen LogP contribution in [0.5, 0.6) is 0 Å². The van der Waals surface area contributed by atoms with Gasteiger partial charge in [0, 0.05) is 19.8 Å². The molecule has 0 radical (unpaired) electrons. The van der Waals surface area contributed by atoms with Crippen molar-refractivity contribution in [3.05, 3.63) is 0 Å². The van der Waals surface area contributed by atoms with Crippen LogP contribution < -0.4 is 10.6 Å². The fourth-order valence-corrected chi connectivity index (χ4v) is 7.84. The topological polar surface area (TPSA) is 44.1 Å². The Morgan fingerprint density at radius 1 is 0.531 bits per heavy atom. The maximum absolute atomic E-state index is 12.6. The predicted molar refractivity (Wildman–Crippen MR) is 218 cm³/mol. The van der Waals surface area contributed by atoms with Crippen molar-refractivity contribution in [3.63, 3.8) is 0 Å². The maximum Gasteiger partial charge on any atom is 0.226 e. The van der Waals surface area contributed by atoms with Gasteiger partial charge in [-0.2, -0.15) is 0 Å². The fraction of sp³-hybridized carbons (Fsp3) is 0.956. The van der Waals surface area contributed by atoms with Crippen molar-refractivity contribution >= 4 is 12.1 Å². The first-order chi connectivity index (χ1) is 24.2. The molecular formula is C45H90N3O+. The first-order valence-corrected chi connectivity index (χ1v) is 22.8. The third-order valence-electron chi connectivity index (χ3n) is 11.2. The highest BCUT2D eigenvalue weighted by molar-refractivity contribution is 5.76. The Hall–Kier alpha value is -0.900. The summed E-state index contributed by atoms with van der Waals surface area (Å²) in [6, 6.07) is 0. The highest BCUT2D eigenvalue weighted by atomic mass is 16.1. The summed E-state index contributed by atoms with van der Waals surface area (Å²) in [5, 5.41) is 6.92. The second kappa shape index (κ2) is 36.9. The van der Waals surface area contributed by atoms with Crippen LogP contribution in [0.15, 0.2) is 0 Å². The van der Waals surface area contributed by atoms with Crippen LogP contribution in [0, 0.1) is 0 Å². The van der Waals surface area contributed by atoms with Crippen LogP contribution in [0.4, 0.5) is 0 Å². The Balaban J connectivity index is 1.88. The highest BCUT2D eigenvalue weighted by Gasteiger charge is 2.30. The molecule has 0 bridgehead atoms. The van der Waals surface area contributed by atoms with Crippen molar-refractivity contribution in [1.82, 2.24) is 10.6 Å². The number of amides is 1. The summed E-state index contributed by atoms with van der Waals surface area (Å²) in [5.74, 6) is 0.223. The van der Waals surface area contributed by atoms with Crippen LogP contribution in [0.2, 0.25) is 0 Å². The molecule has 49 heavy (non-hydrogen) atoms. The predicted octanol–water partition coefficient (Wildman–Crippen LogP) is 13.9. The summed E-state index contributed by atoms with van der Waals surface area (Å²) >= 11 is 0. The number of rotatable bonds is 39. The van der Waals surface area contributed by atoms with Gasteiger partial charge in [0.2, 0.25) is 18.2 Å². The van der Waals surface area contributed by atoms with E-state index in [2.05, 4.69) is 42.2 Å². The van der Waals surface area contributed by atoms with Crippen LogP contribution >= 0.6 is 0 Å². The van der Waals surface area contributed by atoms with E-state index in [-0.39, 0.29) is 12.1 Å². The number of unbranched alkanes of at least 4 members (excludes halogenated alkanes) is 33. The van der Waals surface area contributed by atoms with Gasteiger partial charge in [-0.05, 0) is 12.8 Å². The molecule has 1 heterocycles. The summed E-state index contributed by atoms with van der Waals surface area (Å²) < 4.78 is 2.36. The van der Waals surface area contributed by atoms with Crippen molar-refractivity contribution in [2.75, 3.05) is 6.54 Å². The lowest BCUT2D eigenvalue weighted by Gasteiger charge is -2.17. The maximum atomic E-state index is 12.6. The Bertz CT molecular complexity index is 722. The number of carbonyl (C=O) groups excluding carboxylic acids is 1. The molecule has 290 valence electrons. The molecule has 2 N–H and O–H groups in total. The van der Waals surface area contributed by atoms with Gasteiger partial charge in [0.05, 0.1) is 6.54 Å². The molecule has 0 aromatic rings. The molecule has 0 fully saturated rings. The number of nitrogens with zero attached hydrogens (tertiary/aromatic N) is 1. The van der Waals surface area contributed by atoms with E-state index in [0.29, 0.717) is 12.6 Å². The normalized spacial score (nSPS) is 15.2. The Labute approximate surface area is 308 Å². The van der Waals surface area contributed by atoms with Gasteiger partial charge in [-0.15, -0.1) is 0 Å². The van der Waals surface area contributed by atoms with Gasteiger partial charge < -0.3 is 0 Å². The monoisotopic (exact) mass is 689 g/mol. The van der Waals surface area contributed by atoms with Gasteiger partial charge >= 0.3 is 0 Å². The zero-order valence-corrected chi connectivity index (χ0v) is 34.0. The van der Waals surface area contributed by atoms with Gasteiger partial charge in [0.1, 0.15) is 0 Å². The quantitative estimate of drug-likeness (QED) is 0.0499. The van der Waals surface area contributed by atoms with Crippen molar-refractivity contribution < 1.29 is 9.37 Å². The molecule has 1 amide bonds. The molecule has 0 aliphatic carbocycles. The van der Waals surface area contributed by atoms with Crippen molar-refractivity contribution in [1.29, 1.82) is 0 Å². The van der Waals surface area contributed by atoms with E-state index in [1.54, 1.807) is 0 Å². The summed E-state index contributed by atoms with van der Waals surface area (Å²) in [6.45, 7) is 7.67. The molecule has 2 unspecified atom stereocenters. The van der Waals surface area contributed by atoms with Crippen molar-refractivity contribution in [3.8, 4) is 0 Å². The molecule has 0 spiro atoms. The summed E-state index contributed by atoms with van der Waals surface area (Å²) in [5.41, 5.74) is 0. The number of carbonyl (C=O) groups is 1. The Morgan fingerprint density at radius 2 is 0.837 bits per heavy atom. The van der Waals surface area contributed by atoms with Crippen LogP contribution in [0.25, 0.3) is 0 Å². The van der Waals surface area contributed by atoms with E-state index < -0.39 is 0 Å². The third-order valence-corrected chi connectivity index (χ3v) is 11.2. The van der Waals surface area contributed by atoms with Gasteiger partial charge in [0.25, 0.3) is 0 Å². The third kappa shape index (κ3) is 30.4. The molecule has 1 rings (SSSR count). The number of nitrogens with one attached hydrogen (secondary N) is 2. The van der Waals surface area contributed by atoms with Crippen LogP contribution in [-0.4, -0.2) is 35.6 Å². The Kier molecular flexibility index (Phi) is 34.7. The molecule has 1 aliphatic heterocycles. The lowest BCUT2D eigenvalue weighted by Crippen LogP contribution is -2.46. The molecule has 4 nitrogen and oxygen atoms in total. The molecular weight excluding hydrogens is 599 g/mol. The Morgan fingerprint density at radius 3 is 1.18 bits per heavy atom. The lowest BCUT2D eigenvalue weighted by atomic mass is 10.0. The summed E-state index contributed by atoms with van der Waals surface area (Å²) in [6.07, 6.45) is 53.5. The standard InChI is InChI=1S/C45H89N3O/c1-4-6-8-10-12-14-16-18-20-22-23-24-26-28-30-32-34-36-38-40-45(49)47-43(3)48-42-41-46-44(48)39-37-35-33-31-29-27-25-21-19-17-15-13-11-9-7-5-2/h42-44,46H,4-41H2,1-3H3/p+1. The van der Waals surface area contributed by atoms with E-state index in [0.717, 1.165) is 13.0 Å². The highest BCUT2D eigenvalue weighted by Crippen LogP contribution is 2.17. The van der Waals surface area contributed by atoms with E-state index in [4.69, 9.17) is 0 Å². The summed E-state index contributed by atoms with van der Waals surface area (Å²) in [7, 11) is 0. The zero-order chi connectivity index (χ0) is 35.3. The van der Waals surface area contributed by atoms with E-state index in [1.165, 1.54) is 225 Å². The fourth-order valence-electron chi connectivity index (χ4n) is 7.84. The zero-order valence-electron chi connectivity index (χ0n) is 34.0. The average Bonchev–Trinajstić information content (AvgIpc) is 3.58. The largest absolute Gasteiger partial charge is 0.299 e. The lowest BCUT2D eigenvalue weighted by molar-refractivity contribution is -0.595. The van der Waals surface area contributed by atoms with Crippen molar-refractivity contribution in [2.24, 2.45) is 0 Å². The molecule has 4 heteroatoms. The van der Waals surface area contributed by atoms with E-state index >= 15 is 0 Å². The molecule has 1 aliphatic rings. The smallest absolute Gasteiger partial charge is 0.226 e. The molecule has 0 aromatic heterocycles. The van der Waals surface area contributed by atoms with Gasteiger partial charge in [-0.25, -0.2) is 9.89 Å². The van der Waals surface area contributed by atoms with Crippen LogP contribution in [0.3, 0.4) is 0 Å². The van der Waals surface area contributed by atoms with E-state index in [9.17, 15) is 4.79 Å². The van der Waals surface area contributed by atoms with Crippen LogP contribution in [-0.2, 0) is 4.79 Å². The summed E-state index contributed by atoms with van der Waals surface area (Å²) in [4.78, 5) is 12.6. The second-order valence-corrected chi connectivity index (χ2v) is 16.0. The first kappa shape index (κ1) is 46.1. The minimum atomic E-state index is 0.0777. The minimum Gasteiger partial charge on any atom is -0.299 e. The van der Waals surface area contributed by atoms with Gasteiger partial charge in [-0.3, -0.25) is 10.1 Å². The van der Waals surface area contributed by atoms with Gasteiger partial charge in [0.15, 0.2) is 6.21 Å². The second-order valence-electron chi connectivity index (χ2n) is 16.0. The van der Waals surface area contributed by atoms with Crippen LogP contribution in [0.1, 0.15) is 258 Å². The molecule has 0 saturated carbocycles.